The monoisotopic (exact) mass is 258 g/mol. The van der Waals surface area contributed by atoms with Gasteiger partial charge in [0.2, 0.25) is 0 Å². The second-order valence-corrected chi connectivity index (χ2v) is 4.66. The van der Waals surface area contributed by atoms with Crippen molar-refractivity contribution in [3.63, 3.8) is 0 Å². The summed E-state index contributed by atoms with van der Waals surface area (Å²) in [5.74, 6) is 0. The van der Waals surface area contributed by atoms with Gasteiger partial charge in [-0.15, -0.1) is 0 Å². The Morgan fingerprint density at radius 2 is 1.94 bits per heavy atom. The molecular weight excluding hydrogens is 244 g/mol. The molecule has 0 aliphatic heterocycles. The average molecular weight is 258 g/mol. The molecule has 1 aromatic rings. The van der Waals surface area contributed by atoms with Crippen LogP contribution in [-0.2, 0) is 21.6 Å². The lowest BCUT2D eigenvalue weighted by Crippen LogP contribution is -2.40. The van der Waals surface area contributed by atoms with Gasteiger partial charge in [0.1, 0.15) is 6.61 Å². The minimum absolute atomic E-state index is 0.0221. The Morgan fingerprint density at radius 3 is 2.53 bits per heavy atom. The van der Waals surface area contributed by atoms with Gasteiger partial charge in [-0.05, 0) is 5.56 Å². The van der Waals surface area contributed by atoms with E-state index in [4.69, 9.17) is 4.74 Å². The summed E-state index contributed by atoms with van der Waals surface area (Å²) in [5.41, 5.74) is 0.781. The Kier molecular flexibility index (Phi) is 4.92. The number of carbonyl (C=O) groups is 1. The van der Waals surface area contributed by atoms with Crippen molar-refractivity contribution in [1.82, 2.24) is 9.44 Å². The Labute approximate surface area is 100 Å². The van der Waals surface area contributed by atoms with Crippen LogP contribution in [0.2, 0.25) is 0 Å². The molecule has 0 heterocycles. The highest BCUT2D eigenvalue weighted by Gasteiger charge is 2.13. The van der Waals surface area contributed by atoms with Gasteiger partial charge in [-0.2, -0.15) is 13.1 Å². The number of nitrogens with one attached hydrogen (secondary N) is 2. The van der Waals surface area contributed by atoms with E-state index in [1.165, 1.54) is 0 Å². The minimum atomic E-state index is -3.81. The quantitative estimate of drug-likeness (QED) is 0.817. The molecule has 0 bridgehead atoms. The van der Waals surface area contributed by atoms with E-state index in [-0.39, 0.29) is 13.2 Å². The third-order valence-electron chi connectivity index (χ3n) is 1.76. The lowest BCUT2D eigenvalue weighted by atomic mass is 10.2. The number of hydrogen-bond acceptors (Lipinski definition) is 4. The van der Waals surface area contributed by atoms with Crippen LogP contribution in [0.3, 0.4) is 0 Å². The lowest BCUT2D eigenvalue weighted by Gasteiger charge is -2.07. The standard InChI is InChI=1S/C10H14N2O4S/c1-2-11-17(14,15)12-10(13)16-8-9-6-4-3-5-7-9/h3-7,11H,2,8H2,1H3,(H,12,13). The molecule has 1 aromatic carbocycles. The normalized spacial score (nSPS) is 10.9. The topological polar surface area (TPSA) is 84.5 Å². The van der Waals surface area contributed by atoms with Crippen molar-refractivity contribution >= 4 is 16.3 Å². The summed E-state index contributed by atoms with van der Waals surface area (Å²) in [7, 11) is -3.81. The zero-order valence-corrected chi connectivity index (χ0v) is 10.2. The average Bonchev–Trinajstić information content (AvgIpc) is 2.27. The van der Waals surface area contributed by atoms with Crippen LogP contribution in [0.5, 0.6) is 0 Å². The van der Waals surface area contributed by atoms with Crippen molar-refractivity contribution in [2.45, 2.75) is 13.5 Å². The number of ether oxygens (including phenoxy) is 1. The highest BCUT2D eigenvalue weighted by Crippen LogP contribution is 2.00. The van der Waals surface area contributed by atoms with Gasteiger partial charge in [-0.3, -0.25) is 0 Å². The van der Waals surface area contributed by atoms with Gasteiger partial charge in [-0.1, -0.05) is 37.3 Å². The van der Waals surface area contributed by atoms with Crippen LogP contribution in [0.1, 0.15) is 12.5 Å². The molecule has 0 aromatic heterocycles. The summed E-state index contributed by atoms with van der Waals surface area (Å²) >= 11 is 0. The molecule has 1 amide bonds. The van der Waals surface area contributed by atoms with Crippen LogP contribution in [0.25, 0.3) is 0 Å². The van der Waals surface area contributed by atoms with Crippen molar-refractivity contribution in [3.8, 4) is 0 Å². The summed E-state index contributed by atoms with van der Waals surface area (Å²) in [4.78, 5) is 11.2. The number of hydrogen-bond donors (Lipinski definition) is 2. The molecular formula is C10H14N2O4S. The van der Waals surface area contributed by atoms with E-state index in [9.17, 15) is 13.2 Å². The van der Waals surface area contributed by atoms with Crippen LogP contribution in [-0.4, -0.2) is 21.1 Å². The Hall–Kier alpha value is -1.60. The molecule has 2 N–H and O–H groups in total. The molecule has 94 valence electrons. The van der Waals surface area contributed by atoms with E-state index >= 15 is 0 Å². The van der Waals surface area contributed by atoms with Crippen LogP contribution in [0, 0.1) is 0 Å². The van der Waals surface area contributed by atoms with E-state index in [0.29, 0.717) is 0 Å². The van der Waals surface area contributed by atoms with Gasteiger partial charge < -0.3 is 4.74 Å². The van der Waals surface area contributed by atoms with Crippen LogP contribution >= 0.6 is 0 Å². The molecule has 7 heteroatoms. The first-order valence-electron chi connectivity index (χ1n) is 5.01. The Balaban J connectivity index is 2.41. The number of carbonyl (C=O) groups excluding carboxylic acids is 1. The van der Waals surface area contributed by atoms with E-state index in [2.05, 4.69) is 4.72 Å². The summed E-state index contributed by atoms with van der Waals surface area (Å²) < 4.78 is 30.8. The SMILES string of the molecule is CCNS(=O)(=O)NC(=O)OCc1ccccc1. The number of benzene rings is 1. The van der Waals surface area contributed by atoms with Gasteiger partial charge in [0.05, 0.1) is 0 Å². The number of rotatable bonds is 5. The molecule has 17 heavy (non-hydrogen) atoms. The van der Waals surface area contributed by atoms with Crippen LogP contribution < -0.4 is 9.44 Å². The maximum Gasteiger partial charge on any atom is 0.422 e. The Bertz CT molecular complexity index is 458. The molecule has 0 unspecified atom stereocenters. The fourth-order valence-corrected chi connectivity index (χ4v) is 1.82. The first-order chi connectivity index (χ1) is 8.03. The highest BCUT2D eigenvalue weighted by atomic mass is 32.2. The highest BCUT2D eigenvalue weighted by molar-refractivity contribution is 7.88. The lowest BCUT2D eigenvalue weighted by molar-refractivity contribution is 0.146. The molecule has 0 radical (unpaired) electrons. The van der Waals surface area contributed by atoms with Crippen LogP contribution in [0.15, 0.2) is 30.3 Å². The van der Waals surface area contributed by atoms with Crippen LogP contribution in [0.4, 0.5) is 4.79 Å². The van der Waals surface area contributed by atoms with Crippen molar-refractivity contribution in [2.75, 3.05) is 6.54 Å². The minimum Gasteiger partial charge on any atom is -0.444 e. The summed E-state index contributed by atoms with van der Waals surface area (Å²) in [6, 6.07) is 8.97. The van der Waals surface area contributed by atoms with Crippen molar-refractivity contribution in [1.29, 1.82) is 0 Å². The first kappa shape index (κ1) is 13.5. The zero-order chi connectivity index (χ0) is 12.7. The first-order valence-corrected chi connectivity index (χ1v) is 6.50. The van der Waals surface area contributed by atoms with Gasteiger partial charge >= 0.3 is 16.3 Å². The number of amides is 1. The van der Waals surface area contributed by atoms with Gasteiger partial charge in [0.25, 0.3) is 0 Å². The molecule has 0 saturated heterocycles. The second kappa shape index (κ2) is 6.21. The summed E-state index contributed by atoms with van der Waals surface area (Å²) in [5, 5.41) is 0. The predicted molar refractivity (Wildman–Crippen MR) is 62.4 cm³/mol. The van der Waals surface area contributed by atoms with Gasteiger partial charge in [0, 0.05) is 6.54 Å². The maximum atomic E-state index is 11.2. The second-order valence-electron chi connectivity index (χ2n) is 3.17. The molecule has 0 saturated carbocycles. The predicted octanol–water partition coefficient (Wildman–Crippen LogP) is 0.767. The molecule has 0 atom stereocenters. The molecule has 0 spiro atoms. The summed E-state index contributed by atoms with van der Waals surface area (Å²) in [6.45, 7) is 1.82. The smallest absolute Gasteiger partial charge is 0.422 e. The van der Waals surface area contributed by atoms with E-state index < -0.39 is 16.3 Å². The molecule has 0 aliphatic rings. The van der Waals surface area contributed by atoms with Crippen molar-refractivity contribution < 1.29 is 17.9 Å². The molecule has 1 rings (SSSR count). The van der Waals surface area contributed by atoms with Gasteiger partial charge in [0.15, 0.2) is 0 Å². The van der Waals surface area contributed by atoms with E-state index in [0.717, 1.165) is 5.56 Å². The van der Waals surface area contributed by atoms with Crippen molar-refractivity contribution in [2.24, 2.45) is 0 Å². The molecule has 0 aliphatic carbocycles. The summed E-state index contributed by atoms with van der Waals surface area (Å²) in [6.07, 6.45) is -1.00. The maximum absolute atomic E-state index is 11.2. The van der Waals surface area contributed by atoms with E-state index in [1.807, 2.05) is 6.07 Å². The fourth-order valence-electron chi connectivity index (χ4n) is 1.09. The third-order valence-corrected chi connectivity index (χ3v) is 2.87. The van der Waals surface area contributed by atoms with Gasteiger partial charge in [-0.25, -0.2) is 9.52 Å². The van der Waals surface area contributed by atoms with Crippen molar-refractivity contribution in [3.05, 3.63) is 35.9 Å². The largest absolute Gasteiger partial charge is 0.444 e. The zero-order valence-electron chi connectivity index (χ0n) is 9.34. The Morgan fingerprint density at radius 1 is 1.29 bits per heavy atom. The molecule has 6 nitrogen and oxygen atoms in total. The fraction of sp³-hybridized carbons (Fsp3) is 0.300. The van der Waals surface area contributed by atoms with E-state index in [1.54, 1.807) is 35.9 Å². The molecule has 0 fully saturated rings. The third kappa shape index (κ3) is 5.32.